The minimum Gasteiger partial charge on any atom is -0.540 e. The topological polar surface area (TPSA) is 342 Å². The van der Waals surface area contributed by atoms with E-state index in [-0.39, 0.29) is 142 Å². The zero-order valence-corrected chi connectivity index (χ0v) is 84.6. The molecule has 29 nitrogen and oxygen atoms in total. The number of rotatable bonds is 8. The Labute approximate surface area is 829 Å². The quantitative estimate of drug-likeness (QED) is 0.0776. The van der Waals surface area contributed by atoms with Crippen LogP contribution in [0.3, 0.4) is 0 Å². The number of carbonyl (C=O) groups excluding carboxylic acids is 9. The molecule has 5 aliphatic carbocycles. The molecule has 8 bridgehead atoms. The summed E-state index contributed by atoms with van der Waals surface area (Å²) in [7, 11) is 7.69. The molecule has 6 aliphatic heterocycles. The van der Waals surface area contributed by atoms with Crippen LogP contribution in [0.2, 0.25) is 0 Å². The molecule has 5 saturated carbocycles. The van der Waals surface area contributed by atoms with Crippen LogP contribution in [0.15, 0.2) is 54.6 Å². The van der Waals surface area contributed by atoms with Gasteiger partial charge in [-0.3, -0.25) is 28.8 Å². The summed E-state index contributed by atoms with van der Waals surface area (Å²) in [6, 6.07) is 12.2. The van der Waals surface area contributed by atoms with Crippen LogP contribution < -0.4 is 28.4 Å². The molecule has 0 spiro atoms. The summed E-state index contributed by atoms with van der Waals surface area (Å²) in [5, 5.41) is 0. The number of amides is 3. The van der Waals surface area contributed by atoms with E-state index in [1.165, 1.54) is 50.3 Å². The van der Waals surface area contributed by atoms with Gasteiger partial charge >= 0.3 is 24.1 Å². The zero-order chi connectivity index (χ0) is 94.9. The van der Waals surface area contributed by atoms with Gasteiger partial charge in [-0.25, -0.2) is 48.8 Å². The van der Waals surface area contributed by atoms with Crippen LogP contribution in [0, 0.1) is 81.3 Å². The number of aromatic nitrogens is 6. The SMILES string of the molecule is COc1ccc2nc3c(nc2c1)O[C@H]1CN(C(=O)[C@H](C(C)(C)C)CC(=O)O[C@@H]2CC4CC4[C@H]2CCCCC3)[C@H]([C-]=O)[C@@H]1OC.COc1ccc2nc3c(nc2c1)O[C@H]1CN(C(=O)[C@H](C(C)(C)C)CC(=O)O[C@@H]2C[C@H]2CCCCCC3)[C@H]([C-]=O)[C@@H]1C(F)(F)F.COc1ccc2nc3c(nc2c1)O[C@H]1CN(C(=O)[C@H](C(C)(C)C)CC(=O)O[C@@H]2[C@H]4CC[C@H](C4)[C@H]2CCCCC3)[C@H]([C-]=O)[C@@H]1OC.[V].[V].[V]. The molecule has 11 aliphatic rings. The number of hydrogen-bond donors (Lipinski definition) is 0. The second kappa shape index (κ2) is 45.1. The summed E-state index contributed by atoms with van der Waals surface area (Å²) < 4.78 is 108. The van der Waals surface area contributed by atoms with Crippen molar-refractivity contribution in [1.29, 1.82) is 0 Å². The molecule has 35 heteroatoms. The number of esters is 3. The fraction of sp³-hybridized carbons (Fsp3) is 0.673. The Balaban J connectivity index is 0.000000181. The van der Waals surface area contributed by atoms with E-state index in [0.29, 0.717) is 118 Å². The number of hydrogen-bond acceptors (Lipinski definition) is 26. The minimum atomic E-state index is -4.90. The Morgan fingerprint density at radius 1 is 0.360 bits per heavy atom. The van der Waals surface area contributed by atoms with E-state index in [1.807, 2.05) is 90.5 Å². The first-order valence-corrected chi connectivity index (χ1v) is 47.8. The van der Waals surface area contributed by atoms with E-state index in [4.69, 9.17) is 77.0 Å². The summed E-state index contributed by atoms with van der Waals surface area (Å²) in [5.41, 5.74) is 3.60. The minimum absolute atomic E-state index is 0. The summed E-state index contributed by atoms with van der Waals surface area (Å²) in [5.74, 6) is -1.62. The van der Waals surface area contributed by atoms with Crippen LogP contribution in [0.1, 0.15) is 221 Å². The Kier molecular flexibility index (Phi) is 35.4. The van der Waals surface area contributed by atoms with Crippen LogP contribution >= 0.6 is 0 Å². The third-order valence-corrected chi connectivity index (χ3v) is 29.9. The van der Waals surface area contributed by atoms with E-state index in [9.17, 15) is 56.3 Å². The predicted molar refractivity (Wildman–Crippen MR) is 482 cm³/mol. The maximum atomic E-state index is 14.6. The largest absolute Gasteiger partial charge is 0.540 e. The van der Waals surface area contributed by atoms with Crippen LogP contribution in [-0.2, 0) is 142 Å². The molecule has 6 aromatic rings. The van der Waals surface area contributed by atoms with Gasteiger partial charge in [0, 0.05) is 88.1 Å². The molecular weight excluding hydrogens is 1870 g/mol. The number of ether oxygens (including phenoxy) is 11. The smallest absolute Gasteiger partial charge is 0.395 e. The summed E-state index contributed by atoms with van der Waals surface area (Å²) in [6.45, 7) is 16.5. The van der Waals surface area contributed by atoms with Crippen LogP contribution in [0.25, 0.3) is 33.1 Å². The Bertz CT molecular complexity index is 5260. The van der Waals surface area contributed by atoms with E-state index < -0.39 is 113 Å². The van der Waals surface area contributed by atoms with Gasteiger partial charge in [-0.2, -0.15) is 13.2 Å². The number of carbonyl (C=O) groups is 6. The molecule has 2 unspecified atom stereocenters. The van der Waals surface area contributed by atoms with Gasteiger partial charge in [0.25, 0.3) is 0 Å². The zero-order valence-electron chi connectivity index (χ0n) is 80.4. The van der Waals surface area contributed by atoms with Gasteiger partial charge in [-0.05, 0) is 209 Å². The van der Waals surface area contributed by atoms with E-state index in [0.717, 1.165) is 130 Å². The van der Waals surface area contributed by atoms with Crippen LogP contribution in [0.4, 0.5) is 13.2 Å². The van der Waals surface area contributed by atoms with Gasteiger partial charge in [0.15, 0.2) is 0 Å². The average molecular weight is 2000 g/mol. The molecule has 3 amide bonds. The molecule has 0 N–H and O–H groups in total. The van der Waals surface area contributed by atoms with Crippen molar-refractivity contribution in [2.24, 2.45) is 81.3 Å². The molecule has 8 fully saturated rings. The van der Waals surface area contributed by atoms with Crippen molar-refractivity contribution in [2.75, 3.05) is 55.2 Å². The van der Waals surface area contributed by atoms with Crippen molar-refractivity contribution in [3.05, 3.63) is 71.7 Å². The molecule has 3 aromatic carbocycles. The molecule has 737 valence electrons. The third-order valence-electron chi connectivity index (χ3n) is 29.9. The van der Waals surface area contributed by atoms with Crippen molar-refractivity contribution in [3.63, 3.8) is 0 Å². The summed E-state index contributed by atoms with van der Waals surface area (Å²) in [6.07, 6.45) is 15.7. The summed E-state index contributed by atoms with van der Waals surface area (Å²) in [4.78, 5) is 152. The molecule has 3 aromatic heterocycles. The maximum absolute atomic E-state index is 14.6. The number of benzene rings is 3. The number of alkyl halides is 3. The monoisotopic (exact) mass is 2000 g/mol. The van der Waals surface area contributed by atoms with Crippen molar-refractivity contribution in [3.8, 4) is 34.9 Å². The number of fused-ring (bicyclic) bond motifs is 21. The van der Waals surface area contributed by atoms with E-state index in [1.54, 1.807) is 53.2 Å². The van der Waals surface area contributed by atoms with Crippen LogP contribution in [-0.4, -0.2) is 227 Å². The number of halogens is 3. The van der Waals surface area contributed by atoms with Gasteiger partial charge in [0.1, 0.15) is 71.0 Å². The molecule has 17 rings (SSSR count). The van der Waals surface area contributed by atoms with Crippen molar-refractivity contribution in [1.82, 2.24) is 44.6 Å². The molecule has 3 radical (unpaired) electrons. The molecule has 136 heavy (non-hydrogen) atoms. The average Bonchev–Trinajstić information content (AvgIpc) is 1.60. The maximum Gasteiger partial charge on any atom is 0.395 e. The van der Waals surface area contributed by atoms with E-state index in [2.05, 4.69) is 4.98 Å². The number of aryl methyl sites for hydroxylation is 3. The Morgan fingerprint density at radius 3 is 1.14 bits per heavy atom. The van der Waals surface area contributed by atoms with Crippen molar-refractivity contribution >= 4 is 87.6 Å². The Hall–Kier alpha value is -8.23. The Morgan fingerprint density at radius 2 is 0.728 bits per heavy atom. The number of nitrogens with zero attached hydrogens (tertiary/aromatic N) is 9. The van der Waals surface area contributed by atoms with Gasteiger partial charge in [0.05, 0.1) is 129 Å². The molecular formula is C101H129F3N9O20V3-3. The first-order chi connectivity index (χ1) is 63.5. The van der Waals surface area contributed by atoms with Gasteiger partial charge in [0.2, 0.25) is 35.4 Å². The first-order valence-electron chi connectivity index (χ1n) is 47.8. The predicted octanol–water partition coefficient (Wildman–Crippen LogP) is 14.7. The normalized spacial score (nSPS) is 30.8. The van der Waals surface area contributed by atoms with Gasteiger partial charge in [-0.15, -0.1) is 0 Å². The van der Waals surface area contributed by atoms with Crippen molar-refractivity contribution < 1.29 is 164 Å². The second-order valence-electron chi connectivity index (χ2n) is 41.7. The fourth-order valence-corrected chi connectivity index (χ4v) is 22.2. The molecule has 22 atom stereocenters. The van der Waals surface area contributed by atoms with E-state index >= 15 is 0 Å². The first kappa shape index (κ1) is 107. The molecule has 3 saturated heterocycles. The standard InChI is InChI=1S/C35H46N3O7.C34H44N3O7.C32H39F3N3O6.3V/c1-35(2,3)24-17-30(40)45-31-21-12-11-20(15-21)23(31)9-7-6-8-10-26-33(37-27-16-22(42-4)13-14-25(27)36-26)44-29-18-38(34(24)41)28(19-39)32(29)43-5;1-34(2,3)23-16-30(39)43-28-14-19-13-22(19)21(28)9-7-6-8-10-25-32(36-26-15-20(41-4)11-12-24(26)35-25)44-29-17-37(33(23)40)27(18-38)31(29)42-5;1-31(2,3)20-15-27(40)43-25-13-18(25)9-7-5-6-8-10-22-29(37-23-14-19(42-4)11-12-21(23)36-22)44-26-16-38(30(20)41)24(17-39)28(26)32(33,34)35;;;/h13-14,16,20-21,23-24,28-29,31-32H,6-12,15,17-18H2,1-5H3;11-12,15,19,21-23,27-29,31H,6-10,13-14,16-17H2,1-5H3;11-12,14,18,20,24-26,28H,5-10,13,15-16H2,1-4H3;;;/q3*-1;;;/t20-,21+,23-,24-,28-,29+,31-,32+;19?,21-,22?,23-,27-,28-,29+,31+;18-,20-,24-,25-,26+,28+;;;/m111.../s1. The van der Waals surface area contributed by atoms with Gasteiger partial charge in [-0.1, -0.05) is 107 Å². The molecule has 9 heterocycles. The van der Waals surface area contributed by atoms with Crippen LogP contribution in [0.5, 0.6) is 34.9 Å². The fourth-order valence-electron chi connectivity index (χ4n) is 22.2. The third kappa shape index (κ3) is 24.1. The second-order valence-corrected chi connectivity index (χ2v) is 41.7. The number of methoxy groups -OCH3 is 5. The van der Waals surface area contributed by atoms with Crippen molar-refractivity contribution in [2.45, 2.75) is 296 Å². The summed E-state index contributed by atoms with van der Waals surface area (Å²) >= 11 is 0. The van der Waals surface area contributed by atoms with Gasteiger partial charge < -0.3 is 81.2 Å².